The zero-order valence-corrected chi connectivity index (χ0v) is 15.3. The van der Waals surface area contributed by atoms with Gasteiger partial charge in [0.25, 0.3) is 5.91 Å². The molecule has 0 unspecified atom stereocenters. The average Bonchev–Trinajstić information content (AvgIpc) is 2.68. The van der Waals surface area contributed by atoms with Crippen molar-refractivity contribution in [3.8, 4) is 5.75 Å². The van der Waals surface area contributed by atoms with Crippen LogP contribution in [0.3, 0.4) is 0 Å². The Hall–Kier alpha value is -2.45. The van der Waals surface area contributed by atoms with E-state index in [0.717, 1.165) is 0 Å². The minimum Gasteiger partial charge on any atom is -0.497 e. The van der Waals surface area contributed by atoms with Gasteiger partial charge < -0.3 is 9.64 Å². The topological polar surface area (TPSA) is 88.6 Å². The molecule has 26 heavy (non-hydrogen) atoms. The highest BCUT2D eigenvalue weighted by molar-refractivity contribution is 7.89. The molecule has 1 fully saturated rings. The van der Waals surface area contributed by atoms with E-state index in [4.69, 9.17) is 4.74 Å². The van der Waals surface area contributed by atoms with Crippen molar-refractivity contribution in [1.29, 1.82) is 0 Å². The van der Waals surface area contributed by atoms with Gasteiger partial charge in [-0.2, -0.15) is 0 Å². The lowest BCUT2D eigenvalue weighted by Crippen LogP contribution is -2.46. The van der Waals surface area contributed by atoms with E-state index in [1.807, 2.05) is 0 Å². The number of aromatic nitrogens is 1. The highest BCUT2D eigenvalue weighted by Gasteiger charge is 2.27. The molecule has 1 aliphatic rings. The second-order valence-electron chi connectivity index (χ2n) is 6.10. The van der Waals surface area contributed by atoms with E-state index >= 15 is 0 Å². The minimum atomic E-state index is -3.59. The van der Waals surface area contributed by atoms with Crippen LogP contribution in [0.1, 0.15) is 23.2 Å². The Balaban J connectivity index is 1.58. The van der Waals surface area contributed by atoms with Crippen molar-refractivity contribution < 1.29 is 17.9 Å². The summed E-state index contributed by atoms with van der Waals surface area (Å²) in [5.41, 5.74) is 0.595. The third-order valence-electron chi connectivity index (χ3n) is 4.40. The maximum atomic E-state index is 12.5. The van der Waals surface area contributed by atoms with Crippen LogP contribution in [0.4, 0.5) is 0 Å². The Kier molecular flexibility index (Phi) is 5.53. The van der Waals surface area contributed by atoms with Gasteiger partial charge in [0, 0.05) is 37.1 Å². The molecule has 1 saturated heterocycles. The van der Waals surface area contributed by atoms with Crippen LogP contribution in [0.25, 0.3) is 0 Å². The first kappa shape index (κ1) is 18.3. The highest BCUT2D eigenvalue weighted by Crippen LogP contribution is 2.19. The van der Waals surface area contributed by atoms with E-state index in [1.54, 1.807) is 41.6 Å². The highest BCUT2D eigenvalue weighted by atomic mass is 32.2. The Morgan fingerprint density at radius 1 is 1.12 bits per heavy atom. The summed E-state index contributed by atoms with van der Waals surface area (Å²) in [6, 6.07) is 9.44. The molecule has 0 bridgehead atoms. The zero-order valence-electron chi connectivity index (χ0n) is 14.5. The molecular formula is C18H21N3O4S. The maximum absolute atomic E-state index is 12.5. The van der Waals surface area contributed by atoms with Crippen LogP contribution in [-0.2, 0) is 10.0 Å². The van der Waals surface area contributed by atoms with Crippen LogP contribution in [0.5, 0.6) is 5.75 Å². The van der Waals surface area contributed by atoms with Crippen LogP contribution in [-0.4, -0.2) is 50.5 Å². The van der Waals surface area contributed by atoms with Crippen molar-refractivity contribution in [1.82, 2.24) is 14.6 Å². The molecule has 0 saturated carbocycles. The predicted molar refractivity (Wildman–Crippen MR) is 96.5 cm³/mol. The number of ether oxygens (including phenoxy) is 1. The first-order valence-corrected chi connectivity index (χ1v) is 9.83. The van der Waals surface area contributed by atoms with E-state index < -0.39 is 10.0 Å². The van der Waals surface area contributed by atoms with E-state index in [-0.39, 0.29) is 16.8 Å². The fraction of sp³-hybridized carbons (Fsp3) is 0.333. The second-order valence-corrected chi connectivity index (χ2v) is 7.81. The number of methoxy groups -OCH3 is 1. The maximum Gasteiger partial charge on any atom is 0.253 e. The molecule has 1 aliphatic heterocycles. The molecule has 0 aliphatic carbocycles. The van der Waals surface area contributed by atoms with Gasteiger partial charge in [-0.1, -0.05) is 0 Å². The normalized spacial score (nSPS) is 15.7. The van der Waals surface area contributed by atoms with Crippen LogP contribution in [0.15, 0.2) is 53.7 Å². The molecule has 0 radical (unpaired) electrons. The summed E-state index contributed by atoms with van der Waals surface area (Å²) < 4.78 is 32.8. The number of hydrogen-bond acceptors (Lipinski definition) is 5. The number of hydrogen-bond donors (Lipinski definition) is 1. The number of pyridine rings is 1. The van der Waals surface area contributed by atoms with Crippen molar-refractivity contribution in [2.24, 2.45) is 0 Å². The summed E-state index contributed by atoms with van der Waals surface area (Å²) >= 11 is 0. The number of rotatable bonds is 5. The fourth-order valence-corrected chi connectivity index (χ4v) is 4.22. The van der Waals surface area contributed by atoms with Crippen molar-refractivity contribution >= 4 is 15.9 Å². The number of carbonyl (C=O) groups excluding carboxylic acids is 1. The van der Waals surface area contributed by atoms with Crippen LogP contribution in [0, 0.1) is 0 Å². The van der Waals surface area contributed by atoms with Crippen LogP contribution < -0.4 is 9.46 Å². The molecule has 1 aromatic heterocycles. The summed E-state index contributed by atoms with van der Waals surface area (Å²) in [7, 11) is -2.06. The average molecular weight is 375 g/mol. The monoisotopic (exact) mass is 375 g/mol. The minimum absolute atomic E-state index is 0.0520. The van der Waals surface area contributed by atoms with Gasteiger partial charge in [-0.05, 0) is 49.2 Å². The van der Waals surface area contributed by atoms with Crippen molar-refractivity contribution in [3.05, 3.63) is 54.4 Å². The first-order chi connectivity index (χ1) is 12.5. The molecule has 1 amide bonds. The quantitative estimate of drug-likeness (QED) is 0.859. The second kappa shape index (κ2) is 7.84. The molecule has 2 heterocycles. The summed E-state index contributed by atoms with van der Waals surface area (Å²) in [6.07, 6.45) is 4.32. The van der Waals surface area contributed by atoms with E-state index in [9.17, 15) is 13.2 Å². The van der Waals surface area contributed by atoms with Gasteiger partial charge in [0.2, 0.25) is 10.0 Å². The summed E-state index contributed by atoms with van der Waals surface area (Å²) in [4.78, 5) is 18.3. The molecule has 0 atom stereocenters. The largest absolute Gasteiger partial charge is 0.497 e. The van der Waals surface area contributed by atoms with E-state index in [1.165, 1.54) is 19.2 Å². The molecule has 138 valence electrons. The van der Waals surface area contributed by atoms with E-state index in [2.05, 4.69) is 9.71 Å². The zero-order chi connectivity index (χ0) is 18.6. The summed E-state index contributed by atoms with van der Waals surface area (Å²) in [6.45, 7) is 1.02. The smallest absolute Gasteiger partial charge is 0.253 e. The third kappa shape index (κ3) is 4.20. The van der Waals surface area contributed by atoms with Crippen LogP contribution in [0.2, 0.25) is 0 Å². The number of likely N-dealkylation sites (tertiary alicyclic amines) is 1. The number of nitrogens with zero attached hydrogens (tertiary/aromatic N) is 2. The molecule has 0 spiro atoms. The van der Waals surface area contributed by atoms with Gasteiger partial charge in [-0.15, -0.1) is 0 Å². The molecule has 1 N–H and O–H groups in total. The first-order valence-electron chi connectivity index (χ1n) is 8.35. The lowest BCUT2D eigenvalue weighted by Gasteiger charge is -2.32. The Bertz CT molecular complexity index is 846. The molecule has 1 aromatic carbocycles. The van der Waals surface area contributed by atoms with Gasteiger partial charge in [0.1, 0.15) is 5.75 Å². The number of amides is 1. The predicted octanol–water partition coefficient (Wildman–Crippen LogP) is 1.67. The fourth-order valence-electron chi connectivity index (χ4n) is 2.92. The number of carbonyl (C=O) groups is 1. The SMILES string of the molecule is COc1ccc(S(=O)(=O)NC2CCN(C(=O)c3ccncc3)CC2)cc1. The molecule has 3 rings (SSSR count). The number of sulfonamides is 1. The Labute approximate surface area is 153 Å². The molecule has 2 aromatic rings. The Morgan fingerprint density at radius 3 is 2.31 bits per heavy atom. The number of benzene rings is 1. The van der Waals surface area contributed by atoms with Crippen molar-refractivity contribution in [3.63, 3.8) is 0 Å². The summed E-state index contributed by atoms with van der Waals surface area (Å²) in [5.74, 6) is 0.552. The van der Waals surface area contributed by atoms with Gasteiger partial charge in [-0.3, -0.25) is 9.78 Å². The van der Waals surface area contributed by atoms with E-state index in [0.29, 0.717) is 37.2 Å². The van der Waals surface area contributed by atoms with Crippen LogP contribution >= 0.6 is 0 Å². The lowest BCUT2D eigenvalue weighted by molar-refractivity contribution is 0.0711. The van der Waals surface area contributed by atoms with Gasteiger partial charge in [-0.25, -0.2) is 13.1 Å². The third-order valence-corrected chi connectivity index (χ3v) is 5.94. The van der Waals surface area contributed by atoms with Crippen molar-refractivity contribution in [2.75, 3.05) is 20.2 Å². The standard InChI is InChI=1S/C18H21N3O4S/c1-25-16-2-4-17(5-3-16)26(23,24)20-15-8-12-21(13-9-15)18(22)14-6-10-19-11-7-14/h2-7,10-11,15,20H,8-9,12-13H2,1H3. The van der Waals surface area contributed by atoms with Gasteiger partial charge in [0.15, 0.2) is 0 Å². The molecule has 7 nitrogen and oxygen atoms in total. The molecule has 8 heteroatoms. The molecular weight excluding hydrogens is 354 g/mol. The van der Waals surface area contributed by atoms with Gasteiger partial charge >= 0.3 is 0 Å². The summed E-state index contributed by atoms with van der Waals surface area (Å²) in [5, 5.41) is 0. The number of piperidine rings is 1. The van der Waals surface area contributed by atoms with Gasteiger partial charge in [0.05, 0.1) is 12.0 Å². The Morgan fingerprint density at radius 2 is 1.73 bits per heavy atom. The number of nitrogens with one attached hydrogen (secondary N) is 1. The van der Waals surface area contributed by atoms with Crippen molar-refractivity contribution in [2.45, 2.75) is 23.8 Å². The lowest BCUT2D eigenvalue weighted by atomic mass is 10.1.